The Morgan fingerprint density at radius 2 is 1.50 bits per heavy atom. The lowest BCUT2D eigenvalue weighted by molar-refractivity contribution is 0.577. The average molecular weight is 230 g/mol. The zero-order valence-electron chi connectivity index (χ0n) is 6.56. The van der Waals surface area contributed by atoms with E-state index in [1.165, 1.54) is 6.26 Å². The van der Waals surface area contributed by atoms with Gasteiger partial charge in [-0.05, 0) is 12.7 Å². The number of hydrogen-bond acceptors (Lipinski definition) is 5. The van der Waals surface area contributed by atoms with Crippen LogP contribution in [0.2, 0.25) is 0 Å². The zero-order chi connectivity index (χ0) is 9.41. The predicted octanol–water partition coefficient (Wildman–Crippen LogP) is -0.134. The lowest BCUT2D eigenvalue weighted by Gasteiger charge is -2.20. The fraction of sp³-hybridized carbons (Fsp3) is 1.00. The molecule has 1 aliphatic heterocycles. The van der Waals surface area contributed by atoms with E-state index in [0.717, 1.165) is 11.8 Å². The number of thioether (sulfide) groups is 1. The van der Waals surface area contributed by atoms with Crippen LogP contribution in [0.4, 0.5) is 0 Å². The third-order valence-corrected chi connectivity index (χ3v) is 9.58. The maximum atomic E-state index is 11.2. The number of rotatable bonds is 1. The van der Waals surface area contributed by atoms with Crippen molar-refractivity contribution in [2.75, 3.05) is 17.8 Å². The molecule has 0 atom stereocenters. The van der Waals surface area contributed by atoms with Crippen LogP contribution in [-0.2, 0) is 19.7 Å². The maximum Gasteiger partial charge on any atom is 0.207 e. The van der Waals surface area contributed by atoms with Gasteiger partial charge in [-0.3, -0.25) is 0 Å². The average Bonchev–Trinajstić information content (AvgIpc) is 1.83. The number of hydrogen-bond donors (Lipinski definition) is 0. The summed E-state index contributed by atoms with van der Waals surface area (Å²) in [5.41, 5.74) is 0. The van der Waals surface area contributed by atoms with Gasteiger partial charge >= 0.3 is 0 Å². The topological polar surface area (TPSA) is 68.3 Å². The highest BCUT2D eigenvalue weighted by Crippen LogP contribution is 2.27. The van der Waals surface area contributed by atoms with Crippen molar-refractivity contribution in [1.29, 1.82) is 0 Å². The van der Waals surface area contributed by atoms with Crippen LogP contribution in [-0.4, -0.2) is 38.5 Å². The molecule has 1 heterocycles. The van der Waals surface area contributed by atoms with Gasteiger partial charge in [0.2, 0.25) is 3.91 Å². The smallest absolute Gasteiger partial charge is 0.207 e. The third kappa shape index (κ3) is 1.77. The Hall–Kier alpha value is 0.250. The van der Waals surface area contributed by atoms with Gasteiger partial charge in [0.15, 0.2) is 19.7 Å². The Bertz CT molecular complexity index is 318. The fourth-order valence-electron chi connectivity index (χ4n) is 1.17. The summed E-state index contributed by atoms with van der Waals surface area (Å²) in [6.07, 6.45) is 1.74. The molecular weight excluding hydrogens is 220 g/mol. The molecule has 7 heteroatoms. The molecule has 0 unspecified atom stereocenters. The lowest BCUT2D eigenvalue weighted by Crippen LogP contribution is -2.36. The molecule has 12 heavy (non-hydrogen) atoms. The first-order valence-corrected chi connectivity index (χ1v) is 8.08. The van der Waals surface area contributed by atoms with Crippen LogP contribution >= 0.6 is 11.8 Å². The van der Waals surface area contributed by atoms with E-state index in [1.54, 1.807) is 0 Å². The standard InChI is InChI=1S/C5H10O4S3/c1-10-5-11(6,7)3-2-4-12(5,8)9/h5H,2-4H2,1H3. The Labute approximate surface area is 76.6 Å². The molecule has 0 radical (unpaired) electrons. The first kappa shape index (κ1) is 10.3. The van der Waals surface area contributed by atoms with Crippen LogP contribution in [0.5, 0.6) is 0 Å². The van der Waals surface area contributed by atoms with Crippen molar-refractivity contribution >= 4 is 31.4 Å². The summed E-state index contributed by atoms with van der Waals surface area (Å²) in [4.78, 5) is 0. The molecule has 0 spiro atoms. The maximum absolute atomic E-state index is 11.2. The summed E-state index contributed by atoms with van der Waals surface area (Å²) in [6, 6.07) is 0. The summed E-state index contributed by atoms with van der Waals surface area (Å²) in [5, 5.41) is 0. The van der Waals surface area contributed by atoms with E-state index >= 15 is 0 Å². The van der Waals surface area contributed by atoms with Gasteiger partial charge in [-0.25, -0.2) is 16.8 Å². The Balaban J connectivity index is 3.15. The zero-order valence-corrected chi connectivity index (χ0v) is 9.01. The summed E-state index contributed by atoms with van der Waals surface area (Å²) < 4.78 is 43.7. The van der Waals surface area contributed by atoms with Gasteiger partial charge in [0, 0.05) is 0 Å². The van der Waals surface area contributed by atoms with Gasteiger partial charge in [0.05, 0.1) is 11.5 Å². The third-order valence-electron chi connectivity index (χ3n) is 1.64. The summed E-state index contributed by atoms with van der Waals surface area (Å²) >= 11 is 0.884. The molecule has 0 aromatic carbocycles. The highest BCUT2D eigenvalue weighted by molar-refractivity contribution is 8.27. The summed E-state index contributed by atoms with van der Waals surface area (Å²) in [5.74, 6) is -0.00449. The second kappa shape index (κ2) is 3.19. The van der Waals surface area contributed by atoms with Gasteiger partial charge < -0.3 is 0 Å². The van der Waals surface area contributed by atoms with Crippen molar-refractivity contribution in [3.8, 4) is 0 Å². The van der Waals surface area contributed by atoms with Crippen LogP contribution in [0, 0.1) is 0 Å². The van der Waals surface area contributed by atoms with Crippen molar-refractivity contribution in [3.63, 3.8) is 0 Å². The van der Waals surface area contributed by atoms with Gasteiger partial charge in [0.25, 0.3) is 0 Å². The molecule has 0 bridgehead atoms. The number of sulfone groups is 2. The molecular formula is C5H10O4S3. The summed E-state index contributed by atoms with van der Waals surface area (Å²) in [6.45, 7) is 0. The molecule has 0 aromatic rings. The van der Waals surface area contributed by atoms with Gasteiger partial charge in [-0.15, -0.1) is 11.8 Å². The lowest BCUT2D eigenvalue weighted by atomic mass is 10.6. The normalized spacial score (nSPS) is 28.4. The van der Waals surface area contributed by atoms with E-state index in [2.05, 4.69) is 0 Å². The van der Waals surface area contributed by atoms with Crippen LogP contribution < -0.4 is 0 Å². The van der Waals surface area contributed by atoms with E-state index in [1.807, 2.05) is 0 Å². The van der Waals surface area contributed by atoms with E-state index in [-0.39, 0.29) is 17.9 Å². The molecule has 0 aromatic heterocycles. The molecule has 1 fully saturated rings. The second-order valence-corrected chi connectivity index (χ2v) is 8.86. The highest BCUT2D eigenvalue weighted by atomic mass is 32.3. The molecule has 0 saturated carbocycles. The van der Waals surface area contributed by atoms with Crippen molar-refractivity contribution in [2.45, 2.75) is 10.3 Å². The quantitative estimate of drug-likeness (QED) is 0.627. The van der Waals surface area contributed by atoms with Gasteiger partial charge in [-0.2, -0.15) is 0 Å². The highest BCUT2D eigenvalue weighted by Gasteiger charge is 2.40. The molecule has 0 N–H and O–H groups in total. The van der Waals surface area contributed by atoms with Crippen LogP contribution in [0.25, 0.3) is 0 Å². The molecule has 0 amide bonds. The Morgan fingerprint density at radius 1 is 1.08 bits per heavy atom. The van der Waals surface area contributed by atoms with E-state index in [4.69, 9.17) is 0 Å². The van der Waals surface area contributed by atoms with Gasteiger partial charge in [0.1, 0.15) is 0 Å². The minimum absolute atomic E-state index is 0.00225. The Morgan fingerprint density at radius 3 is 1.75 bits per heavy atom. The first-order valence-electron chi connectivity index (χ1n) is 3.36. The molecule has 1 aliphatic rings. The van der Waals surface area contributed by atoms with Crippen LogP contribution in [0.15, 0.2) is 0 Å². The van der Waals surface area contributed by atoms with Crippen molar-refractivity contribution in [2.24, 2.45) is 0 Å². The summed E-state index contributed by atoms with van der Waals surface area (Å²) in [7, 11) is -6.81. The van der Waals surface area contributed by atoms with Crippen LogP contribution in [0.3, 0.4) is 0 Å². The van der Waals surface area contributed by atoms with E-state index in [0.29, 0.717) is 0 Å². The molecule has 1 rings (SSSR count). The predicted molar refractivity (Wildman–Crippen MR) is 49.5 cm³/mol. The second-order valence-electron chi connectivity index (χ2n) is 2.61. The first-order chi connectivity index (χ1) is 5.40. The van der Waals surface area contributed by atoms with E-state index < -0.39 is 23.6 Å². The van der Waals surface area contributed by atoms with E-state index in [9.17, 15) is 16.8 Å². The molecule has 72 valence electrons. The molecule has 4 nitrogen and oxygen atoms in total. The Kier molecular flexibility index (Phi) is 2.75. The minimum atomic E-state index is -3.41. The molecule has 0 aliphatic carbocycles. The largest absolute Gasteiger partial charge is 0.227 e. The van der Waals surface area contributed by atoms with Crippen molar-refractivity contribution in [3.05, 3.63) is 0 Å². The minimum Gasteiger partial charge on any atom is -0.227 e. The molecule has 1 saturated heterocycles. The van der Waals surface area contributed by atoms with Crippen LogP contribution in [0.1, 0.15) is 6.42 Å². The van der Waals surface area contributed by atoms with Crippen molar-refractivity contribution in [1.82, 2.24) is 0 Å². The SMILES string of the molecule is CSC1S(=O)(=O)CCCS1(=O)=O. The monoisotopic (exact) mass is 230 g/mol. The van der Waals surface area contributed by atoms with Gasteiger partial charge in [-0.1, -0.05) is 0 Å². The van der Waals surface area contributed by atoms with Crippen molar-refractivity contribution < 1.29 is 16.8 Å². The fourth-order valence-corrected chi connectivity index (χ4v) is 8.12.